The van der Waals surface area contributed by atoms with Crippen LogP contribution in [-0.2, 0) is 6.54 Å². The van der Waals surface area contributed by atoms with Gasteiger partial charge in [0.25, 0.3) is 0 Å². The quantitative estimate of drug-likeness (QED) is 0.0933. The van der Waals surface area contributed by atoms with Gasteiger partial charge in [0.1, 0.15) is 0 Å². The van der Waals surface area contributed by atoms with E-state index in [0.29, 0.717) is 12.2 Å². The van der Waals surface area contributed by atoms with Gasteiger partial charge in [-0.25, -0.2) is 0 Å². The van der Waals surface area contributed by atoms with Crippen molar-refractivity contribution in [2.24, 2.45) is 16.5 Å². The number of aliphatic imine (C=N–C) groups is 1. The average Bonchev–Trinajstić information content (AvgIpc) is 3.26. The van der Waals surface area contributed by atoms with Gasteiger partial charge < -0.3 is 11.5 Å². The molecule has 0 saturated carbocycles. The second kappa shape index (κ2) is 14.9. The van der Waals surface area contributed by atoms with Crippen molar-refractivity contribution >= 4 is 70.8 Å². The van der Waals surface area contributed by atoms with E-state index < -0.39 is 0 Å². The van der Waals surface area contributed by atoms with Crippen LogP contribution >= 0.6 is 0 Å². The summed E-state index contributed by atoms with van der Waals surface area (Å²) in [5, 5.41) is 12.4. The minimum atomic E-state index is 0.487. The van der Waals surface area contributed by atoms with Gasteiger partial charge in [0.05, 0.1) is 12.3 Å². The second-order valence-electron chi connectivity index (χ2n) is 14.2. The van der Waals surface area contributed by atoms with Crippen LogP contribution < -0.4 is 11.5 Å². The third kappa shape index (κ3) is 6.40. The van der Waals surface area contributed by atoms with Crippen molar-refractivity contribution in [3.8, 4) is 11.1 Å². The molecule has 3 heteroatoms. The van der Waals surface area contributed by atoms with Gasteiger partial charge in [0.15, 0.2) is 0 Å². The molecule has 0 aromatic heterocycles. The Bertz CT molecular complexity index is 3050. The topological polar surface area (TPSA) is 64.4 Å². The molecule has 0 radical (unpaired) electrons. The Morgan fingerprint density at radius 2 is 1.09 bits per heavy atom. The Balaban J connectivity index is 1.18. The van der Waals surface area contributed by atoms with Gasteiger partial charge in [-0.3, -0.25) is 4.99 Å². The van der Waals surface area contributed by atoms with Crippen LogP contribution in [0.1, 0.15) is 29.2 Å². The summed E-state index contributed by atoms with van der Waals surface area (Å²) in [4.78, 5) is 5.35. The zero-order chi connectivity index (χ0) is 38.0. The third-order valence-corrected chi connectivity index (χ3v) is 10.8. The lowest BCUT2D eigenvalue weighted by Crippen LogP contribution is -2.05. The number of hydrogen-bond donors (Lipinski definition) is 2. The molecule has 0 amide bonds. The van der Waals surface area contributed by atoms with Gasteiger partial charge in [0, 0.05) is 17.5 Å². The maximum absolute atomic E-state index is 6.97. The fourth-order valence-electron chi connectivity index (χ4n) is 8.13. The summed E-state index contributed by atoms with van der Waals surface area (Å²) in [6, 6.07) is 60.6. The van der Waals surface area contributed by atoms with E-state index in [2.05, 4.69) is 158 Å². The third-order valence-electron chi connectivity index (χ3n) is 10.8. The molecule has 0 heterocycles. The molecule has 56 heavy (non-hydrogen) atoms. The smallest absolute Gasteiger partial charge is 0.0671 e. The van der Waals surface area contributed by atoms with E-state index in [1.807, 2.05) is 37.3 Å². The molecule has 0 aliphatic rings. The molecule has 9 aromatic rings. The standard InChI is InChI=1S/C53H41N3/c1-2-13-41(33-54)36-15-11-17-39(29-36)52(55)32-53(40-18-12-16-37(30-40)50-31-38-14-3-4-19-42(38)43-20-5-9-24-47(43)50)56-34-35-26-27-49-46-23-7-6-21-44(46)45-22-8-10-25-48(45)51(49)28-35/h2-33H,34,54-55H2,1H3/b13-2-,41-33+,52-32-,56-53+. The first-order valence-electron chi connectivity index (χ1n) is 19.1. The van der Waals surface area contributed by atoms with Crippen LogP contribution in [-0.4, -0.2) is 5.71 Å². The minimum absolute atomic E-state index is 0.487. The highest BCUT2D eigenvalue weighted by atomic mass is 14.7. The van der Waals surface area contributed by atoms with E-state index in [1.165, 1.54) is 59.4 Å². The Labute approximate surface area is 327 Å². The molecule has 0 fully saturated rings. The van der Waals surface area contributed by atoms with Crippen LogP contribution in [0.5, 0.6) is 0 Å². The van der Waals surface area contributed by atoms with E-state index in [0.717, 1.165) is 39.1 Å². The van der Waals surface area contributed by atoms with Gasteiger partial charge in [-0.1, -0.05) is 158 Å². The van der Waals surface area contributed by atoms with Crippen molar-refractivity contribution in [1.29, 1.82) is 0 Å². The molecule has 0 unspecified atom stereocenters. The molecule has 0 bridgehead atoms. The van der Waals surface area contributed by atoms with Gasteiger partial charge in [-0.05, 0) is 125 Å². The molecule has 268 valence electrons. The lowest BCUT2D eigenvalue weighted by atomic mass is 9.92. The van der Waals surface area contributed by atoms with Crippen LogP contribution in [0.3, 0.4) is 0 Å². The Morgan fingerprint density at radius 3 is 1.79 bits per heavy atom. The van der Waals surface area contributed by atoms with E-state index in [4.69, 9.17) is 16.5 Å². The Morgan fingerprint density at radius 1 is 0.518 bits per heavy atom. The highest BCUT2D eigenvalue weighted by molar-refractivity contribution is 6.25. The maximum Gasteiger partial charge on any atom is 0.0671 e. The first kappa shape index (κ1) is 34.5. The number of rotatable bonds is 8. The average molecular weight is 720 g/mol. The Hall–Kier alpha value is -7.23. The van der Waals surface area contributed by atoms with E-state index in [9.17, 15) is 0 Å². The van der Waals surface area contributed by atoms with Gasteiger partial charge >= 0.3 is 0 Å². The van der Waals surface area contributed by atoms with Crippen molar-refractivity contribution in [2.75, 3.05) is 0 Å². The lowest BCUT2D eigenvalue weighted by Gasteiger charge is -2.13. The number of nitrogens with two attached hydrogens (primary N) is 2. The van der Waals surface area contributed by atoms with Crippen molar-refractivity contribution in [2.45, 2.75) is 13.5 Å². The molecule has 0 aliphatic heterocycles. The molecule has 9 aromatic carbocycles. The van der Waals surface area contributed by atoms with Gasteiger partial charge in [-0.15, -0.1) is 0 Å². The van der Waals surface area contributed by atoms with Gasteiger partial charge in [0.2, 0.25) is 0 Å². The monoisotopic (exact) mass is 719 g/mol. The summed E-state index contributed by atoms with van der Waals surface area (Å²) >= 11 is 0. The zero-order valence-corrected chi connectivity index (χ0v) is 31.3. The number of nitrogens with zero attached hydrogens (tertiary/aromatic N) is 1. The van der Waals surface area contributed by atoms with E-state index in [-0.39, 0.29) is 0 Å². The number of hydrogen-bond acceptors (Lipinski definition) is 3. The van der Waals surface area contributed by atoms with Crippen LogP contribution in [0.25, 0.3) is 76.3 Å². The number of allylic oxidation sites excluding steroid dienone is 4. The maximum atomic E-state index is 6.97. The van der Waals surface area contributed by atoms with Crippen molar-refractivity contribution in [1.82, 2.24) is 0 Å². The minimum Gasteiger partial charge on any atom is -0.404 e. The molecule has 4 N–H and O–H groups in total. The van der Waals surface area contributed by atoms with Crippen LogP contribution in [0.2, 0.25) is 0 Å². The molecule has 3 nitrogen and oxygen atoms in total. The molecule has 0 aliphatic carbocycles. The second-order valence-corrected chi connectivity index (χ2v) is 14.2. The van der Waals surface area contributed by atoms with Crippen LogP contribution in [0.4, 0.5) is 0 Å². The fraction of sp³-hybridized carbons (Fsp3) is 0.0377. The van der Waals surface area contributed by atoms with Crippen molar-refractivity contribution < 1.29 is 0 Å². The van der Waals surface area contributed by atoms with E-state index >= 15 is 0 Å². The number of fused-ring (bicyclic) bond motifs is 9. The van der Waals surface area contributed by atoms with Crippen LogP contribution in [0, 0.1) is 0 Å². The summed E-state index contributed by atoms with van der Waals surface area (Å²) in [6.07, 6.45) is 7.63. The highest BCUT2D eigenvalue weighted by Crippen LogP contribution is 2.37. The summed E-state index contributed by atoms with van der Waals surface area (Å²) in [5.74, 6) is 0. The molecule has 9 rings (SSSR count). The van der Waals surface area contributed by atoms with Crippen molar-refractivity contribution in [3.63, 3.8) is 0 Å². The summed E-state index contributed by atoms with van der Waals surface area (Å²) in [7, 11) is 0. The lowest BCUT2D eigenvalue weighted by molar-refractivity contribution is 1.07. The summed E-state index contributed by atoms with van der Waals surface area (Å²) < 4.78 is 0. The normalized spacial score (nSPS) is 12.8. The first-order valence-corrected chi connectivity index (χ1v) is 19.1. The predicted octanol–water partition coefficient (Wildman–Crippen LogP) is 13.0. The Kier molecular flexibility index (Phi) is 9.18. The van der Waals surface area contributed by atoms with Crippen molar-refractivity contribution in [3.05, 3.63) is 217 Å². The van der Waals surface area contributed by atoms with Crippen LogP contribution in [0.15, 0.2) is 199 Å². The largest absolute Gasteiger partial charge is 0.404 e. The molecule has 0 saturated heterocycles. The molecular weight excluding hydrogens is 679 g/mol. The molecule has 0 spiro atoms. The summed E-state index contributed by atoms with van der Waals surface area (Å²) in [6.45, 7) is 2.47. The predicted molar refractivity (Wildman–Crippen MR) is 242 cm³/mol. The zero-order valence-electron chi connectivity index (χ0n) is 31.3. The van der Waals surface area contributed by atoms with Gasteiger partial charge in [-0.2, -0.15) is 0 Å². The van der Waals surface area contributed by atoms with E-state index in [1.54, 1.807) is 6.20 Å². The highest BCUT2D eigenvalue weighted by Gasteiger charge is 2.13. The number of benzene rings is 9. The summed E-state index contributed by atoms with van der Waals surface area (Å²) in [5.41, 5.74) is 21.7. The SMILES string of the molecule is C/C=C\C(=C/N)c1cccc(/C(N)=C/C(=N\Cc2ccc3c4ccccc4c4ccccc4c3c2)c2cccc(-c3cc4ccccc4c4ccccc34)c2)c1. The molecular formula is C53H41N3. The fourth-order valence-corrected chi connectivity index (χ4v) is 8.13. The first-order chi connectivity index (χ1) is 27.6. The molecule has 0 atom stereocenters.